The molecule has 1 heterocycles. The first-order chi connectivity index (χ1) is 9.52. The molecule has 2 rings (SSSR count). The van der Waals surface area contributed by atoms with E-state index >= 15 is 0 Å². The highest BCUT2D eigenvalue weighted by atomic mass is 79.9. The second-order valence-electron chi connectivity index (χ2n) is 6.05. The van der Waals surface area contributed by atoms with Crippen molar-refractivity contribution < 1.29 is 0 Å². The minimum atomic E-state index is -0.00891. The number of nitrogens with one attached hydrogen (secondary N) is 1. The monoisotopic (exact) mass is 341 g/mol. The molecular formula is C15H24BrN3O. The largest absolute Gasteiger partial charge is 0.377 e. The molecule has 0 saturated heterocycles. The average molecular weight is 342 g/mol. The second-order valence-corrected chi connectivity index (χ2v) is 6.91. The van der Waals surface area contributed by atoms with Crippen LogP contribution in [0.1, 0.15) is 46.5 Å². The van der Waals surface area contributed by atoms with Gasteiger partial charge in [-0.25, -0.2) is 4.68 Å². The van der Waals surface area contributed by atoms with Crippen LogP contribution in [0.5, 0.6) is 0 Å². The fourth-order valence-electron chi connectivity index (χ4n) is 2.57. The Hall–Kier alpha value is -0.840. The van der Waals surface area contributed by atoms with Gasteiger partial charge in [0.1, 0.15) is 5.69 Å². The van der Waals surface area contributed by atoms with E-state index in [1.54, 1.807) is 10.9 Å². The van der Waals surface area contributed by atoms with E-state index < -0.39 is 0 Å². The number of halogens is 1. The van der Waals surface area contributed by atoms with Gasteiger partial charge in [-0.15, -0.1) is 0 Å². The zero-order valence-corrected chi connectivity index (χ0v) is 14.1. The summed E-state index contributed by atoms with van der Waals surface area (Å²) in [6.45, 7) is 7.23. The van der Waals surface area contributed by atoms with Crippen molar-refractivity contribution >= 4 is 21.6 Å². The molecule has 0 amide bonds. The smallest absolute Gasteiger partial charge is 0.291 e. The lowest BCUT2D eigenvalue weighted by Gasteiger charge is -2.26. The van der Waals surface area contributed by atoms with Crippen LogP contribution in [-0.2, 0) is 6.54 Å². The van der Waals surface area contributed by atoms with Crippen molar-refractivity contribution in [3.63, 3.8) is 0 Å². The van der Waals surface area contributed by atoms with Gasteiger partial charge >= 0.3 is 0 Å². The summed E-state index contributed by atoms with van der Waals surface area (Å²) in [4.78, 5) is 12.5. The average Bonchev–Trinajstić information content (AvgIpc) is 2.35. The van der Waals surface area contributed by atoms with Crippen molar-refractivity contribution in [2.75, 3.05) is 5.32 Å². The molecule has 1 aliphatic carbocycles. The Morgan fingerprint density at radius 1 is 1.50 bits per heavy atom. The SMILES string of the molecule is CCC(Nc1c(Br)cnn(CC2CCC2)c1=O)C(C)C. The Morgan fingerprint density at radius 2 is 2.20 bits per heavy atom. The van der Waals surface area contributed by atoms with Gasteiger partial charge in [0, 0.05) is 12.6 Å². The first kappa shape index (κ1) is 15.5. The summed E-state index contributed by atoms with van der Waals surface area (Å²) in [5.41, 5.74) is 0.644. The summed E-state index contributed by atoms with van der Waals surface area (Å²) in [5.74, 6) is 1.11. The number of rotatable bonds is 6. The van der Waals surface area contributed by atoms with E-state index in [9.17, 15) is 4.79 Å². The molecule has 0 bridgehead atoms. The maximum Gasteiger partial charge on any atom is 0.291 e. The van der Waals surface area contributed by atoms with E-state index in [1.807, 2.05) is 0 Å². The van der Waals surface area contributed by atoms with E-state index in [2.05, 4.69) is 47.1 Å². The topological polar surface area (TPSA) is 46.9 Å². The second kappa shape index (κ2) is 6.74. The highest BCUT2D eigenvalue weighted by Gasteiger charge is 2.21. The molecule has 0 aromatic carbocycles. The number of hydrogen-bond acceptors (Lipinski definition) is 3. The van der Waals surface area contributed by atoms with E-state index in [0.29, 0.717) is 23.6 Å². The molecule has 0 radical (unpaired) electrons. The molecule has 1 aromatic heterocycles. The summed E-state index contributed by atoms with van der Waals surface area (Å²) in [6.07, 6.45) is 6.45. The lowest BCUT2D eigenvalue weighted by atomic mass is 9.85. The Bertz CT molecular complexity index is 508. The first-order valence-corrected chi connectivity index (χ1v) is 8.34. The van der Waals surface area contributed by atoms with Crippen LogP contribution in [0, 0.1) is 11.8 Å². The molecule has 4 nitrogen and oxygen atoms in total. The molecule has 1 N–H and O–H groups in total. The van der Waals surface area contributed by atoms with Crippen LogP contribution in [0.2, 0.25) is 0 Å². The van der Waals surface area contributed by atoms with Crippen molar-refractivity contribution in [1.29, 1.82) is 0 Å². The van der Waals surface area contributed by atoms with Crippen molar-refractivity contribution in [3.8, 4) is 0 Å². The molecule has 1 aliphatic rings. The van der Waals surface area contributed by atoms with Crippen LogP contribution in [0.3, 0.4) is 0 Å². The maximum absolute atomic E-state index is 12.5. The molecule has 5 heteroatoms. The predicted octanol–water partition coefficient (Wildman–Crippen LogP) is 3.65. The molecule has 1 fully saturated rings. The van der Waals surface area contributed by atoms with Gasteiger partial charge in [0.2, 0.25) is 0 Å². The van der Waals surface area contributed by atoms with Crippen LogP contribution in [0.15, 0.2) is 15.5 Å². The molecule has 112 valence electrons. The van der Waals surface area contributed by atoms with Crippen LogP contribution < -0.4 is 10.9 Å². The quantitative estimate of drug-likeness (QED) is 0.858. The zero-order valence-electron chi connectivity index (χ0n) is 12.5. The van der Waals surface area contributed by atoms with E-state index in [4.69, 9.17) is 0 Å². The van der Waals surface area contributed by atoms with Crippen molar-refractivity contribution in [2.24, 2.45) is 11.8 Å². The summed E-state index contributed by atoms with van der Waals surface area (Å²) < 4.78 is 2.37. The van der Waals surface area contributed by atoms with Crippen molar-refractivity contribution in [2.45, 2.75) is 59.0 Å². The van der Waals surface area contributed by atoms with Gasteiger partial charge < -0.3 is 5.32 Å². The van der Waals surface area contributed by atoms with Gasteiger partial charge in [-0.2, -0.15) is 5.10 Å². The summed E-state index contributed by atoms with van der Waals surface area (Å²) >= 11 is 3.45. The van der Waals surface area contributed by atoms with Crippen LogP contribution in [-0.4, -0.2) is 15.8 Å². The van der Waals surface area contributed by atoms with Crippen LogP contribution >= 0.6 is 15.9 Å². The van der Waals surface area contributed by atoms with E-state index in [-0.39, 0.29) is 5.56 Å². The molecule has 0 aliphatic heterocycles. The lowest BCUT2D eigenvalue weighted by Crippen LogP contribution is -2.34. The zero-order chi connectivity index (χ0) is 14.7. The number of aromatic nitrogens is 2. The third-order valence-corrected chi connectivity index (χ3v) is 4.83. The number of anilines is 1. The lowest BCUT2D eigenvalue weighted by molar-refractivity contribution is 0.261. The van der Waals surface area contributed by atoms with Gasteiger partial charge in [0.05, 0.1) is 10.7 Å². The Balaban J connectivity index is 2.22. The van der Waals surface area contributed by atoms with Gasteiger partial charge in [0.15, 0.2) is 0 Å². The molecule has 1 atom stereocenters. The van der Waals surface area contributed by atoms with Gasteiger partial charge in [-0.3, -0.25) is 4.79 Å². The predicted molar refractivity (Wildman–Crippen MR) is 86.1 cm³/mol. The van der Waals surface area contributed by atoms with Gasteiger partial charge in [0.25, 0.3) is 5.56 Å². The molecule has 0 spiro atoms. The van der Waals surface area contributed by atoms with Gasteiger partial charge in [-0.1, -0.05) is 27.2 Å². The summed E-state index contributed by atoms with van der Waals surface area (Å²) in [5, 5.41) is 7.65. The number of nitrogens with zero attached hydrogens (tertiary/aromatic N) is 2. The minimum Gasteiger partial charge on any atom is -0.377 e. The number of hydrogen-bond donors (Lipinski definition) is 1. The highest BCUT2D eigenvalue weighted by molar-refractivity contribution is 9.10. The van der Waals surface area contributed by atoms with Crippen LogP contribution in [0.4, 0.5) is 5.69 Å². The molecule has 20 heavy (non-hydrogen) atoms. The third kappa shape index (κ3) is 3.43. The highest BCUT2D eigenvalue weighted by Crippen LogP contribution is 2.27. The normalized spacial score (nSPS) is 17.1. The third-order valence-electron chi connectivity index (χ3n) is 4.23. The minimum absolute atomic E-state index is 0.00891. The fraction of sp³-hybridized carbons (Fsp3) is 0.733. The summed E-state index contributed by atoms with van der Waals surface area (Å²) in [6, 6.07) is 0.304. The standard InChI is InChI=1S/C15H24BrN3O/c1-4-13(10(2)3)18-14-12(16)8-17-19(15(14)20)9-11-6-5-7-11/h8,10-11,13,18H,4-7,9H2,1-3H3. The van der Waals surface area contributed by atoms with Crippen LogP contribution in [0.25, 0.3) is 0 Å². The van der Waals surface area contributed by atoms with Crippen molar-refractivity contribution in [3.05, 3.63) is 21.0 Å². The Morgan fingerprint density at radius 3 is 2.70 bits per heavy atom. The molecule has 1 aromatic rings. The maximum atomic E-state index is 12.5. The fourth-order valence-corrected chi connectivity index (χ4v) is 2.95. The Labute approximate surface area is 129 Å². The van der Waals surface area contributed by atoms with E-state index in [0.717, 1.165) is 17.4 Å². The summed E-state index contributed by atoms with van der Waals surface area (Å²) in [7, 11) is 0. The Kier molecular flexibility index (Phi) is 5.24. The van der Waals surface area contributed by atoms with Gasteiger partial charge in [-0.05, 0) is 47.0 Å². The molecule has 1 unspecified atom stereocenters. The molecule has 1 saturated carbocycles. The first-order valence-electron chi connectivity index (χ1n) is 7.55. The van der Waals surface area contributed by atoms with E-state index in [1.165, 1.54) is 19.3 Å². The molecular weight excluding hydrogens is 318 g/mol. The van der Waals surface area contributed by atoms with Crippen molar-refractivity contribution in [1.82, 2.24) is 9.78 Å².